The molecule has 19 heteroatoms. The average Bonchev–Trinajstić information content (AvgIpc) is 3.16. The Labute approximate surface area is 321 Å². The number of benzene rings is 1. The number of rotatable bonds is 30. The molecule has 0 unspecified atom stereocenters. The number of hydrogen-bond acceptors (Lipinski definition) is 12. The Hall–Kier alpha value is -5.07. The van der Waals surface area contributed by atoms with Crippen LogP contribution in [0.15, 0.2) is 42.0 Å². The first-order valence-electron chi connectivity index (χ1n) is 18.1. The van der Waals surface area contributed by atoms with Crippen LogP contribution >= 0.6 is 0 Å². The third-order valence-corrected chi connectivity index (χ3v) is 7.57. The molecule has 1 aromatic rings. The quantitative estimate of drug-likeness (QED) is 0.0162. The van der Waals surface area contributed by atoms with Crippen molar-refractivity contribution in [1.82, 2.24) is 21.3 Å². The van der Waals surface area contributed by atoms with Crippen molar-refractivity contribution in [3.8, 4) is 0 Å². The smallest absolute Gasteiger partial charge is 0.306 e. The molecule has 0 aromatic heterocycles. The SMILES string of the molecule is C=CCOC(=O)CC[C@H](NC(=O)CCCC(=O)NCCOCCOCCOCCN=[N+]=[N-])C(=O)N[C@H](C(=O)N[C@@H](C)C(=O)Nc1ccc(CO)cc1)C(C)C. The number of esters is 1. The summed E-state index contributed by atoms with van der Waals surface area (Å²) in [5.74, 6) is -3.75. The zero-order chi connectivity index (χ0) is 40.8. The topological polar surface area (TPSA) is 268 Å². The van der Waals surface area contributed by atoms with E-state index in [1.54, 1.807) is 38.1 Å². The molecular weight excluding hydrogens is 720 g/mol. The fourth-order valence-electron chi connectivity index (χ4n) is 4.58. The molecule has 5 amide bonds. The minimum absolute atomic E-state index is 0.0288. The zero-order valence-electron chi connectivity index (χ0n) is 31.9. The van der Waals surface area contributed by atoms with Gasteiger partial charge in [-0.15, -0.1) is 0 Å². The fraction of sp³-hybridized carbons (Fsp3) is 0.611. The highest BCUT2D eigenvalue weighted by molar-refractivity contribution is 5.98. The molecule has 0 saturated carbocycles. The van der Waals surface area contributed by atoms with E-state index in [9.17, 15) is 33.9 Å². The van der Waals surface area contributed by atoms with Gasteiger partial charge < -0.3 is 50.6 Å². The molecule has 3 atom stereocenters. The molecule has 0 fully saturated rings. The number of aliphatic hydroxyl groups is 1. The Morgan fingerprint density at radius 2 is 1.47 bits per heavy atom. The summed E-state index contributed by atoms with van der Waals surface area (Å²) in [4.78, 5) is 79.3. The number of aliphatic hydroxyl groups excluding tert-OH is 1. The van der Waals surface area contributed by atoms with Crippen LogP contribution in [0.5, 0.6) is 0 Å². The summed E-state index contributed by atoms with van der Waals surface area (Å²) in [6.07, 6.45) is 1.16. The summed E-state index contributed by atoms with van der Waals surface area (Å²) >= 11 is 0. The van der Waals surface area contributed by atoms with E-state index in [0.29, 0.717) is 44.3 Å². The van der Waals surface area contributed by atoms with Crippen molar-refractivity contribution in [2.75, 3.05) is 64.7 Å². The summed E-state index contributed by atoms with van der Waals surface area (Å²) in [7, 11) is 0. The van der Waals surface area contributed by atoms with Gasteiger partial charge in [0.2, 0.25) is 29.5 Å². The first-order chi connectivity index (χ1) is 26.4. The van der Waals surface area contributed by atoms with Gasteiger partial charge in [-0.25, -0.2) is 0 Å². The van der Waals surface area contributed by atoms with Crippen molar-refractivity contribution < 1.29 is 52.8 Å². The second kappa shape index (κ2) is 29.3. The molecule has 1 aromatic carbocycles. The molecule has 0 aliphatic carbocycles. The molecule has 6 N–H and O–H groups in total. The summed E-state index contributed by atoms with van der Waals surface area (Å²) in [5.41, 5.74) is 9.32. The summed E-state index contributed by atoms with van der Waals surface area (Å²) in [5, 5.41) is 25.8. The number of carbonyl (C=O) groups excluding carboxylic acids is 6. The summed E-state index contributed by atoms with van der Waals surface area (Å²) < 4.78 is 21.0. The van der Waals surface area contributed by atoms with Gasteiger partial charge >= 0.3 is 5.97 Å². The zero-order valence-corrected chi connectivity index (χ0v) is 31.9. The van der Waals surface area contributed by atoms with E-state index in [2.05, 4.69) is 43.2 Å². The van der Waals surface area contributed by atoms with E-state index in [4.69, 9.17) is 24.5 Å². The van der Waals surface area contributed by atoms with Crippen molar-refractivity contribution >= 4 is 41.2 Å². The van der Waals surface area contributed by atoms with Crippen LogP contribution in [0.25, 0.3) is 10.4 Å². The lowest BCUT2D eigenvalue weighted by molar-refractivity contribution is -0.143. The van der Waals surface area contributed by atoms with Gasteiger partial charge in [-0.2, -0.15) is 0 Å². The van der Waals surface area contributed by atoms with Crippen molar-refractivity contribution in [2.45, 2.75) is 77.6 Å². The third-order valence-electron chi connectivity index (χ3n) is 7.57. The largest absolute Gasteiger partial charge is 0.461 e. The fourth-order valence-corrected chi connectivity index (χ4v) is 4.58. The summed E-state index contributed by atoms with van der Waals surface area (Å²) in [6.45, 7) is 10.6. The standard InChI is InChI=1S/C36H56N8O11/c1-5-17-55-32(48)14-13-29(42-31(47)8-6-7-30(46)38-15-18-52-20-22-54-23-21-53-19-16-39-44-37)35(50)43-33(25(2)3)36(51)40-26(4)34(49)41-28-11-9-27(24-45)10-12-28/h5,9-12,25-26,29,33,45H,1,6-8,13-24H2,2-4H3,(H,38,46)(H,40,51)(H,41,49)(H,42,47)(H,43,50)/t26-,29-,33-/m0/s1. The average molecular weight is 777 g/mol. The number of amides is 5. The van der Waals surface area contributed by atoms with E-state index in [0.717, 1.165) is 0 Å². The first-order valence-corrected chi connectivity index (χ1v) is 18.1. The first kappa shape index (κ1) is 48.0. The van der Waals surface area contributed by atoms with Crippen LogP contribution in [0.2, 0.25) is 0 Å². The van der Waals surface area contributed by atoms with Crippen LogP contribution < -0.4 is 26.6 Å². The Morgan fingerprint density at radius 1 is 0.836 bits per heavy atom. The molecule has 19 nitrogen and oxygen atoms in total. The number of nitrogens with one attached hydrogen (secondary N) is 5. The van der Waals surface area contributed by atoms with E-state index < -0.39 is 53.6 Å². The number of azide groups is 1. The van der Waals surface area contributed by atoms with E-state index in [1.165, 1.54) is 13.0 Å². The number of anilines is 1. The van der Waals surface area contributed by atoms with Crippen LogP contribution in [0.1, 0.15) is 58.4 Å². The maximum Gasteiger partial charge on any atom is 0.306 e. The van der Waals surface area contributed by atoms with Crippen LogP contribution in [0, 0.1) is 5.92 Å². The Bertz CT molecular complexity index is 1400. The van der Waals surface area contributed by atoms with E-state index >= 15 is 0 Å². The molecule has 0 aliphatic rings. The normalized spacial score (nSPS) is 12.3. The minimum atomic E-state index is -1.22. The highest BCUT2D eigenvalue weighted by Gasteiger charge is 2.31. The predicted molar refractivity (Wildman–Crippen MR) is 201 cm³/mol. The molecule has 55 heavy (non-hydrogen) atoms. The van der Waals surface area contributed by atoms with Gasteiger partial charge in [-0.1, -0.05) is 43.7 Å². The lowest BCUT2D eigenvalue weighted by Gasteiger charge is -2.26. The Kier molecular flexibility index (Phi) is 25.6. The van der Waals surface area contributed by atoms with Crippen LogP contribution in [-0.4, -0.2) is 118 Å². The molecule has 306 valence electrons. The molecule has 0 heterocycles. The van der Waals surface area contributed by atoms with Crippen molar-refractivity contribution in [2.24, 2.45) is 11.0 Å². The molecule has 0 bridgehead atoms. The van der Waals surface area contributed by atoms with Crippen LogP contribution in [0.4, 0.5) is 5.69 Å². The number of carbonyl (C=O) groups is 6. The number of hydrogen-bond donors (Lipinski definition) is 6. The predicted octanol–water partition coefficient (Wildman–Crippen LogP) is 1.40. The Balaban J connectivity index is 2.59. The van der Waals surface area contributed by atoms with Crippen molar-refractivity contribution in [3.63, 3.8) is 0 Å². The monoisotopic (exact) mass is 776 g/mol. The van der Waals surface area contributed by atoms with Crippen molar-refractivity contribution in [3.05, 3.63) is 52.9 Å². The molecule has 0 radical (unpaired) electrons. The van der Waals surface area contributed by atoms with E-state index in [1.807, 2.05) is 0 Å². The second-order valence-electron chi connectivity index (χ2n) is 12.4. The molecule has 0 aliphatic heterocycles. The number of nitrogens with zero attached hydrogens (tertiary/aromatic N) is 3. The molecule has 0 saturated heterocycles. The van der Waals surface area contributed by atoms with Gasteiger partial charge in [0.1, 0.15) is 24.7 Å². The molecule has 0 spiro atoms. The number of ether oxygens (including phenoxy) is 4. The minimum Gasteiger partial charge on any atom is -0.461 e. The third kappa shape index (κ3) is 22.7. The van der Waals surface area contributed by atoms with Gasteiger partial charge in [0.15, 0.2) is 0 Å². The van der Waals surface area contributed by atoms with E-state index in [-0.39, 0.29) is 70.9 Å². The molecular formula is C36H56N8O11. The summed E-state index contributed by atoms with van der Waals surface area (Å²) in [6, 6.07) is 3.22. The van der Waals surface area contributed by atoms with Crippen LogP contribution in [-0.2, 0) is 54.3 Å². The van der Waals surface area contributed by atoms with Gasteiger partial charge in [0.05, 0.1) is 46.2 Å². The molecule has 1 rings (SSSR count). The highest BCUT2D eigenvalue weighted by Crippen LogP contribution is 2.11. The van der Waals surface area contributed by atoms with Gasteiger partial charge in [-0.05, 0) is 48.9 Å². The van der Waals surface area contributed by atoms with Gasteiger partial charge in [0, 0.05) is 43.0 Å². The highest BCUT2D eigenvalue weighted by atomic mass is 16.5. The van der Waals surface area contributed by atoms with Crippen LogP contribution in [0.3, 0.4) is 0 Å². The second-order valence-corrected chi connectivity index (χ2v) is 12.4. The lowest BCUT2D eigenvalue weighted by atomic mass is 10.0. The maximum absolute atomic E-state index is 13.4. The van der Waals surface area contributed by atoms with Gasteiger partial charge in [-0.3, -0.25) is 28.8 Å². The maximum atomic E-state index is 13.4. The van der Waals surface area contributed by atoms with Crippen molar-refractivity contribution in [1.29, 1.82) is 0 Å². The lowest BCUT2D eigenvalue weighted by Crippen LogP contribution is -2.57. The Morgan fingerprint density at radius 3 is 2.09 bits per heavy atom. The van der Waals surface area contributed by atoms with Gasteiger partial charge in [0.25, 0.3) is 0 Å².